The van der Waals surface area contributed by atoms with Gasteiger partial charge in [0.2, 0.25) is 15.9 Å². The first-order valence-corrected chi connectivity index (χ1v) is 10.4. The Kier molecular flexibility index (Phi) is 8.06. The largest absolute Gasteiger partial charge is 0.497 e. The van der Waals surface area contributed by atoms with Crippen molar-refractivity contribution in [3.63, 3.8) is 0 Å². The van der Waals surface area contributed by atoms with Gasteiger partial charge in [0, 0.05) is 19.6 Å². The van der Waals surface area contributed by atoms with Crippen molar-refractivity contribution in [1.82, 2.24) is 10.0 Å². The molecule has 0 aliphatic heterocycles. The second-order valence-electron chi connectivity index (χ2n) is 6.07. The third-order valence-electron chi connectivity index (χ3n) is 4.13. The van der Waals surface area contributed by atoms with E-state index < -0.39 is 28.5 Å². The molecular weight excluding hydrogens is 400 g/mol. The number of hydrogen-bond acceptors (Lipinski definition) is 7. The molecule has 0 aliphatic rings. The Hall–Kier alpha value is -2.56. The van der Waals surface area contributed by atoms with Gasteiger partial charge in [-0.25, -0.2) is 13.1 Å². The minimum atomic E-state index is -4.01. The van der Waals surface area contributed by atoms with Crippen LogP contribution in [0.4, 0.5) is 0 Å². The van der Waals surface area contributed by atoms with Gasteiger partial charge in [0.05, 0.1) is 27.4 Å². The third-order valence-corrected chi connectivity index (χ3v) is 5.55. The van der Waals surface area contributed by atoms with Crippen LogP contribution in [0.25, 0.3) is 0 Å². The Morgan fingerprint density at radius 3 is 2.48 bits per heavy atom. The first-order valence-electron chi connectivity index (χ1n) is 8.93. The summed E-state index contributed by atoms with van der Waals surface area (Å²) in [4.78, 5) is 12.2. The number of benzene rings is 1. The van der Waals surface area contributed by atoms with Crippen LogP contribution in [0.2, 0.25) is 0 Å². The Bertz CT molecular complexity index is 924. The number of carbonyl (C=O) groups excluding carboxylic acids is 1. The van der Waals surface area contributed by atoms with Crippen LogP contribution in [0.15, 0.2) is 39.6 Å². The SMILES string of the molecule is CCc1ccc([C@@H](COC)NC(=O)CNS(=O)(=O)c2cc(OC)ccc2OC)o1. The zero-order valence-electron chi connectivity index (χ0n) is 16.9. The molecule has 160 valence electrons. The normalized spacial score (nSPS) is 12.4. The molecule has 1 aromatic carbocycles. The highest BCUT2D eigenvalue weighted by atomic mass is 32.2. The Balaban J connectivity index is 2.08. The summed E-state index contributed by atoms with van der Waals surface area (Å²) < 4.78 is 48.5. The van der Waals surface area contributed by atoms with E-state index in [4.69, 9.17) is 18.6 Å². The number of aryl methyl sites for hydroxylation is 1. The van der Waals surface area contributed by atoms with E-state index in [2.05, 4.69) is 10.0 Å². The van der Waals surface area contributed by atoms with Gasteiger partial charge >= 0.3 is 0 Å². The summed E-state index contributed by atoms with van der Waals surface area (Å²) in [5, 5.41) is 2.71. The number of ether oxygens (including phenoxy) is 3. The summed E-state index contributed by atoms with van der Waals surface area (Å²) in [6.07, 6.45) is 0.718. The van der Waals surface area contributed by atoms with Gasteiger partial charge in [0.15, 0.2) is 0 Å². The van der Waals surface area contributed by atoms with Crippen LogP contribution < -0.4 is 19.5 Å². The van der Waals surface area contributed by atoms with Crippen LogP contribution in [0, 0.1) is 0 Å². The topological polar surface area (TPSA) is 116 Å². The van der Waals surface area contributed by atoms with E-state index >= 15 is 0 Å². The highest BCUT2D eigenvalue weighted by Gasteiger charge is 2.23. The molecule has 0 spiro atoms. The maximum Gasteiger partial charge on any atom is 0.244 e. The molecule has 2 rings (SSSR count). The van der Waals surface area contributed by atoms with Crippen molar-refractivity contribution in [2.45, 2.75) is 24.3 Å². The Labute approximate surface area is 170 Å². The minimum Gasteiger partial charge on any atom is -0.497 e. The van der Waals surface area contributed by atoms with E-state index in [-0.39, 0.29) is 17.3 Å². The fourth-order valence-electron chi connectivity index (χ4n) is 2.61. The molecule has 0 bridgehead atoms. The lowest BCUT2D eigenvalue weighted by Crippen LogP contribution is -2.39. The van der Waals surface area contributed by atoms with Gasteiger partial charge in [0.1, 0.15) is 34.0 Å². The summed E-state index contributed by atoms with van der Waals surface area (Å²) in [5.74, 6) is 1.27. The van der Waals surface area contributed by atoms with Crippen LogP contribution in [0.5, 0.6) is 11.5 Å². The Morgan fingerprint density at radius 2 is 1.90 bits per heavy atom. The van der Waals surface area contributed by atoms with Crippen molar-refractivity contribution in [1.29, 1.82) is 0 Å². The van der Waals surface area contributed by atoms with Gasteiger partial charge in [-0.2, -0.15) is 0 Å². The molecular formula is C19H26N2O7S. The maximum atomic E-state index is 12.6. The monoisotopic (exact) mass is 426 g/mol. The summed E-state index contributed by atoms with van der Waals surface area (Å²) in [6.45, 7) is 1.66. The average Bonchev–Trinajstić information content (AvgIpc) is 3.20. The summed E-state index contributed by atoms with van der Waals surface area (Å²) >= 11 is 0. The molecule has 10 heteroatoms. The highest BCUT2D eigenvalue weighted by Crippen LogP contribution is 2.27. The second-order valence-corrected chi connectivity index (χ2v) is 7.81. The molecule has 0 unspecified atom stereocenters. The van der Waals surface area contributed by atoms with E-state index in [9.17, 15) is 13.2 Å². The number of nitrogens with one attached hydrogen (secondary N) is 2. The third kappa shape index (κ3) is 5.96. The van der Waals surface area contributed by atoms with Gasteiger partial charge < -0.3 is 23.9 Å². The van der Waals surface area contributed by atoms with Crippen LogP contribution in [-0.4, -0.2) is 48.8 Å². The van der Waals surface area contributed by atoms with E-state index in [0.717, 1.165) is 12.2 Å². The van der Waals surface area contributed by atoms with Crippen molar-refractivity contribution >= 4 is 15.9 Å². The molecule has 0 aliphatic carbocycles. The van der Waals surface area contributed by atoms with E-state index in [1.165, 1.54) is 33.5 Å². The lowest BCUT2D eigenvalue weighted by Gasteiger charge is -2.16. The molecule has 1 amide bonds. The highest BCUT2D eigenvalue weighted by molar-refractivity contribution is 7.89. The first-order chi connectivity index (χ1) is 13.8. The molecule has 2 N–H and O–H groups in total. The van der Waals surface area contributed by atoms with Crippen molar-refractivity contribution in [3.05, 3.63) is 41.9 Å². The zero-order chi connectivity index (χ0) is 21.4. The van der Waals surface area contributed by atoms with Gasteiger partial charge in [-0.1, -0.05) is 6.92 Å². The van der Waals surface area contributed by atoms with Gasteiger partial charge in [0.25, 0.3) is 0 Å². The standard InChI is InChI=1S/C19H26N2O7S/c1-5-13-6-8-16(28-13)15(12-25-2)21-19(22)11-20-29(23,24)18-10-14(26-3)7-9-17(18)27-4/h6-10,15,20H,5,11-12H2,1-4H3,(H,21,22)/t15-/m1/s1. The molecule has 0 saturated heterocycles. The number of methoxy groups -OCH3 is 3. The van der Waals surface area contributed by atoms with Crippen molar-refractivity contribution in [2.75, 3.05) is 34.5 Å². The molecule has 1 heterocycles. The van der Waals surface area contributed by atoms with Crippen molar-refractivity contribution < 1.29 is 31.8 Å². The lowest BCUT2D eigenvalue weighted by atomic mass is 10.2. The number of rotatable bonds is 11. The van der Waals surface area contributed by atoms with E-state index in [0.29, 0.717) is 11.5 Å². The fraction of sp³-hybridized carbons (Fsp3) is 0.421. The summed E-state index contributed by atoms with van der Waals surface area (Å²) in [6, 6.07) is 7.42. The van der Waals surface area contributed by atoms with Crippen molar-refractivity contribution in [3.8, 4) is 11.5 Å². The van der Waals surface area contributed by atoms with Crippen LogP contribution >= 0.6 is 0 Å². The molecule has 0 saturated carbocycles. The Morgan fingerprint density at radius 1 is 1.14 bits per heavy atom. The molecule has 9 nitrogen and oxygen atoms in total. The van der Waals surface area contributed by atoms with E-state index in [1.807, 2.05) is 13.0 Å². The molecule has 29 heavy (non-hydrogen) atoms. The van der Waals surface area contributed by atoms with Crippen molar-refractivity contribution in [2.24, 2.45) is 0 Å². The fourth-order valence-corrected chi connectivity index (χ4v) is 3.78. The molecule has 1 atom stereocenters. The number of furan rings is 1. The molecule has 1 aromatic heterocycles. The minimum absolute atomic E-state index is 0.126. The molecule has 2 aromatic rings. The maximum absolute atomic E-state index is 12.6. The predicted molar refractivity (Wildman–Crippen MR) is 106 cm³/mol. The number of carbonyl (C=O) groups is 1. The molecule has 0 fully saturated rings. The zero-order valence-corrected chi connectivity index (χ0v) is 17.7. The average molecular weight is 426 g/mol. The van der Waals surface area contributed by atoms with Gasteiger partial charge in [-0.3, -0.25) is 4.79 Å². The smallest absolute Gasteiger partial charge is 0.244 e. The van der Waals surface area contributed by atoms with E-state index in [1.54, 1.807) is 12.1 Å². The first kappa shape index (κ1) is 22.7. The number of hydrogen-bond donors (Lipinski definition) is 2. The summed E-state index contributed by atoms with van der Waals surface area (Å²) in [5.41, 5.74) is 0. The lowest BCUT2D eigenvalue weighted by molar-refractivity contribution is -0.121. The number of sulfonamides is 1. The summed E-state index contributed by atoms with van der Waals surface area (Å²) in [7, 11) is 0.269. The molecule has 0 radical (unpaired) electrons. The number of amides is 1. The quantitative estimate of drug-likeness (QED) is 0.561. The predicted octanol–water partition coefficient (Wildman–Crippen LogP) is 1.64. The van der Waals surface area contributed by atoms with Crippen LogP contribution in [0.3, 0.4) is 0 Å². The van der Waals surface area contributed by atoms with Crippen LogP contribution in [-0.2, 0) is 26.0 Å². The van der Waals surface area contributed by atoms with Gasteiger partial charge in [-0.05, 0) is 24.3 Å². The second kappa shape index (κ2) is 10.3. The van der Waals surface area contributed by atoms with Crippen LogP contribution in [0.1, 0.15) is 24.5 Å². The van der Waals surface area contributed by atoms with Gasteiger partial charge in [-0.15, -0.1) is 0 Å².